The lowest BCUT2D eigenvalue weighted by Gasteiger charge is -2.07. The van der Waals surface area contributed by atoms with Crippen LogP contribution in [0.2, 0.25) is 0 Å². The Morgan fingerprint density at radius 1 is 1.06 bits per heavy atom. The topological polar surface area (TPSA) is 99.3 Å². The molecule has 1 aromatic heterocycles. The molecular weight excluding hydrogens is 414 g/mol. The molecule has 0 spiro atoms. The van der Waals surface area contributed by atoms with E-state index in [9.17, 15) is 14.9 Å². The second-order valence-corrected chi connectivity index (χ2v) is 7.46. The Kier molecular flexibility index (Phi) is 6.28. The summed E-state index contributed by atoms with van der Waals surface area (Å²) in [6, 6.07) is 24.3. The number of anilines is 1. The summed E-state index contributed by atoms with van der Waals surface area (Å²) >= 11 is 0. The van der Waals surface area contributed by atoms with Crippen molar-refractivity contribution in [3.8, 4) is 6.07 Å². The van der Waals surface area contributed by atoms with Crippen LogP contribution < -0.4 is 10.7 Å². The summed E-state index contributed by atoms with van der Waals surface area (Å²) in [5.41, 5.74) is 6.87. The molecule has 0 fully saturated rings. The number of hydrazone groups is 1. The number of fused-ring (bicyclic) bond motifs is 1. The second-order valence-electron chi connectivity index (χ2n) is 7.46. The van der Waals surface area contributed by atoms with Crippen molar-refractivity contribution in [2.24, 2.45) is 5.10 Å². The van der Waals surface area contributed by atoms with Crippen molar-refractivity contribution in [3.05, 3.63) is 101 Å². The highest BCUT2D eigenvalue weighted by Crippen LogP contribution is 2.22. The van der Waals surface area contributed by atoms with E-state index in [-0.39, 0.29) is 11.8 Å². The fourth-order valence-corrected chi connectivity index (χ4v) is 3.63. The first kappa shape index (κ1) is 21.5. The van der Waals surface area contributed by atoms with Gasteiger partial charge in [-0.2, -0.15) is 10.4 Å². The summed E-state index contributed by atoms with van der Waals surface area (Å²) < 4.78 is 2.06. The van der Waals surface area contributed by atoms with Crippen molar-refractivity contribution in [2.75, 3.05) is 5.32 Å². The van der Waals surface area contributed by atoms with Gasteiger partial charge in [-0.3, -0.25) is 9.59 Å². The van der Waals surface area contributed by atoms with Crippen molar-refractivity contribution in [3.63, 3.8) is 0 Å². The van der Waals surface area contributed by atoms with Crippen LogP contribution in [0.25, 0.3) is 10.9 Å². The molecule has 2 N–H and O–H groups in total. The van der Waals surface area contributed by atoms with Crippen molar-refractivity contribution >= 4 is 34.6 Å². The Bertz CT molecular complexity index is 1410. The summed E-state index contributed by atoms with van der Waals surface area (Å²) in [6.45, 7) is 1.95. The number of carbonyl (C=O) groups is 2. The standard InChI is InChI=1S/C26H21N5O2/c1-18(32)29-23-10-6-9-19(13-23)26(33)30-28-15-22-17-31(25-12-5-4-11-24(22)25)16-21-8-3-2-7-20(21)14-27/h2-13,15,17H,16H2,1H3,(H,29,32)(H,30,33). The number of aromatic nitrogens is 1. The predicted molar refractivity (Wildman–Crippen MR) is 128 cm³/mol. The van der Waals surface area contributed by atoms with Gasteiger partial charge in [0.2, 0.25) is 5.91 Å². The molecule has 0 aliphatic rings. The Hall–Kier alpha value is -4.70. The molecular formula is C26H21N5O2. The normalized spacial score (nSPS) is 10.8. The first-order valence-electron chi connectivity index (χ1n) is 10.3. The van der Waals surface area contributed by atoms with E-state index in [0.29, 0.717) is 23.4 Å². The summed E-state index contributed by atoms with van der Waals surface area (Å²) in [4.78, 5) is 23.7. The number of amides is 2. The maximum Gasteiger partial charge on any atom is 0.271 e. The summed E-state index contributed by atoms with van der Waals surface area (Å²) in [5, 5.41) is 17.2. The smallest absolute Gasteiger partial charge is 0.271 e. The minimum atomic E-state index is -0.384. The van der Waals surface area contributed by atoms with Gasteiger partial charge < -0.3 is 9.88 Å². The average molecular weight is 435 g/mol. The lowest BCUT2D eigenvalue weighted by molar-refractivity contribution is -0.114. The molecule has 0 unspecified atom stereocenters. The first-order valence-corrected chi connectivity index (χ1v) is 10.3. The quantitative estimate of drug-likeness (QED) is 0.349. The van der Waals surface area contributed by atoms with Gasteiger partial charge >= 0.3 is 0 Å². The van der Waals surface area contributed by atoms with Crippen LogP contribution in [0.1, 0.15) is 34.0 Å². The molecule has 0 atom stereocenters. The number of rotatable bonds is 6. The van der Waals surface area contributed by atoms with E-state index >= 15 is 0 Å². The molecule has 0 bridgehead atoms. The minimum Gasteiger partial charge on any atom is -0.342 e. The van der Waals surface area contributed by atoms with Crippen LogP contribution in [0, 0.1) is 11.3 Å². The van der Waals surface area contributed by atoms with Gasteiger partial charge in [-0.1, -0.05) is 42.5 Å². The summed E-state index contributed by atoms with van der Waals surface area (Å²) in [7, 11) is 0. The van der Waals surface area contributed by atoms with Crippen LogP contribution in [0.4, 0.5) is 5.69 Å². The SMILES string of the molecule is CC(=O)Nc1cccc(C(=O)NN=Cc2cn(Cc3ccccc3C#N)c3ccccc23)c1. The Labute approximate surface area is 191 Å². The largest absolute Gasteiger partial charge is 0.342 e. The number of nitrogens with one attached hydrogen (secondary N) is 2. The lowest BCUT2D eigenvalue weighted by Crippen LogP contribution is -2.18. The van der Waals surface area contributed by atoms with Crippen LogP contribution in [0.5, 0.6) is 0 Å². The highest BCUT2D eigenvalue weighted by atomic mass is 16.2. The molecule has 1 heterocycles. The summed E-state index contributed by atoms with van der Waals surface area (Å²) in [6.07, 6.45) is 3.55. The van der Waals surface area contributed by atoms with Gasteiger partial charge in [-0.05, 0) is 35.9 Å². The molecule has 4 rings (SSSR count). The third-order valence-corrected chi connectivity index (χ3v) is 5.11. The molecule has 7 heteroatoms. The van der Waals surface area contributed by atoms with E-state index in [4.69, 9.17) is 0 Å². The predicted octanol–water partition coefficient (Wildman–Crippen LogP) is 4.28. The molecule has 4 aromatic rings. The van der Waals surface area contributed by atoms with Crippen LogP contribution in [-0.4, -0.2) is 22.6 Å². The maximum absolute atomic E-state index is 12.5. The van der Waals surface area contributed by atoms with Crippen LogP contribution in [-0.2, 0) is 11.3 Å². The molecule has 7 nitrogen and oxygen atoms in total. The Morgan fingerprint density at radius 2 is 1.85 bits per heavy atom. The molecule has 3 aromatic carbocycles. The Balaban J connectivity index is 1.55. The van der Waals surface area contributed by atoms with E-state index in [1.165, 1.54) is 6.92 Å². The fraction of sp³-hybridized carbons (Fsp3) is 0.0769. The van der Waals surface area contributed by atoms with Crippen molar-refractivity contribution in [1.82, 2.24) is 9.99 Å². The van der Waals surface area contributed by atoms with Crippen molar-refractivity contribution in [1.29, 1.82) is 5.26 Å². The van der Waals surface area contributed by atoms with E-state index in [2.05, 4.69) is 26.5 Å². The number of para-hydroxylation sites is 1. The number of benzene rings is 3. The third kappa shape index (κ3) is 4.97. The Morgan fingerprint density at radius 3 is 2.67 bits per heavy atom. The molecule has 33 heavy (non-hydrogen) atoms. The molecule has 0 aliphatic heterocycles. The number of nitrogens with zero attached hydrogens (tertiary/aromatic N) is 3. The van der Waals surface area contributed by atoms with Crippen LogP contribution in [0.15, 0.2) is 84.1 Å². The van der Waals surface area contributed by atoms with Gasteiger partial charge in [0.25, 0.3) is 5.91 Å². The van der Waals surface area contributed by atoms with Crippen LogP contribution in [0.3, 0.4) is 0 Å². The van der Waals surface area contributed by atoms with E-state index < -0.39 is 0 Å². The van der Waals surface area contributed by atoms with Gasteiger partial charge in [0.15, 0.2) is 0 Å². The van der Waals surface area contributed by atoms with Gasteiger partial charge in [-0.15, -0.1) is 0 Å². The van der Waals surface area contributed by atoms with Crippen molar-refractivity contribution < 1.29 is 9.59 Å². The summed E-state index contributed by atoms with van der Waals surface area (Å²) in [5.74, 6) is -0.593. The van der Waals surface area contributed by atoms with E-state index in [0.717, 1.165) is 22.0 Å². The van der Waals surface area contributed by atoms with Gasteiger partial charge in [0.05, 0.1) is 17.8 Å². The maximum atomic E-state index is 12.5. The molecule has 2 amide bonds. The number of nitriles is 1. The molecule has 0 saturated heterocycles. The zero-order valence-electron chi connectivity index (χ0n) is 17.9. The van der Waals surface area contributed by atoms with Gasteiger partial charge in [0.1, 0.15) is 0 Å². The number of carbonyl (C=O) groups excluding carboxylic acids is 2. The number of hydrogen-bond acceptors (Lipinski definition) is 4. The van der Waals surface area contributed by atoms with E-state index in [1.807, 2.05) is 48.7 Å². The highest BCUT2D eigenvalue weighted by molar-refractivity contribution is 6.01. The van der Waals surface area contributed by atoms with E-state index in [1.54, 1.807) is 36.5 Å². The minimum absolute atomic E-state index is 0.209. The second kappa shape index (κ2) is 9.62. The van der Waals surface area contributed by atoms with Gasteiger partial charge in [0, 0.05) is 47.4 Å². The van der Waals surface area contributed by atoms with Gasteiger partial charge in [-0.25, -0.2) is 5.43 Å². The van der Waals surface area contributed by atoms with Crippen molar-refractivity contribution in [2.45, 2.75) is 13.5 Å². The molecule has 0 saturated carbocycles. The highest BCUT2D eigenvalue weighted by Gasteiger charge is 2.10. The number of hydrogen-bond donors (Lipinski definition) is 2. The third-order valence-electron chi connectivity index (χ3n) is 5.11. The lowest BCUT2D eigenvalue weighted by atomic mass is 10.1. The zero-order valence-corrected chi connectivity index (χ0v) is 17.9. The average Bonchev–Trinajstić information content (AvgIpc) is 3.16. The molecule has 0 aliphatic carbocycles. The first-order chi connectivity index (χ1) is 16.0. The monoisotopic (exact) mass is 435 g/mol. The van der Waals surface area contributed by atoms with Crippen LogP contribution >= 0.6 is 0 Å². The zero-order chi connectivity index (χ0) is 23.2. The molecule has 0 radical (unpaired) electrons. The molecule has 162 valence electrons. The fourth-order valence-electron chi connectivity index (χ4n) is 3.63.